The highest BCUT2D eigenvalue weighted by atomic mass is 16.1. The number of anilines is 1. The molecule has 1 aromatic carbocycles. The van der Waals surface area contributed by atoms with Gasteiger partial charge < -0.3 is 0 Å². The molecule has 0 saturated heterocycles. The minimum Gasteiger partial charge on any atom is -0.289 e. The van der Waals surface area contributed by atoms with Crippen LogP contribution in [0.25, 0.3) is 0 Å². The quantitative estimate of drug-likeness (QED) is 0.739. The maximum atomic E-state index is 13.2. The van der Waals surface area contributed by atoms with Crippen LogP contribution in [0.2, 0.25) is 0 Å². The van der Waals surface area contributed by atoms with Gasteiger partial charge >= 0.3 is 0 Å². The van der Waals surface area contributed by atoms with E-state index in [4.69, 9.17) is 6.42 Å². The molecule has 3 aliphatic rings. The van der Waals surface area contributed by atoms with E-state index in [2.05, 4.69) is 12.1 Å². The molecule has 3 nitrogen and oxygen atoms in total. The Morgan fingerprint density at radius 1 is 1.19 bits per heavy atom. The van der Waals surface area contributed by atoms with Crippen LogP contribution in [0.5, 0.6) is 0 Å². The summed E-state index contributed by atoms with van der Waals surface area (Å²) in [5.41, 5.74) is 4.48. The topological polar surface area (TPSA) is 37.4 Å². The van der Waals surface area contributed by atoms with Gasteiger partial charge in [-0.1, -0.05) is 43.7 Å². The molecule has 0 fully saturated rings. The third kappa shape index (κ3) is 2.69. The summed E-state index contributed by atoms with van der Waals surface area (Å²) in [7, 11) is 0. The van der Waals surface area contributed by atoms with Crippen molar-refractivity contribution in [2.75, 3.05) is 4.90 Å². The molecule has 2 unspecified atom stereocenters. The van der Waals surface area contributed by atoms with E-state index < -0.39 is 6.04 Å². The lowest BCUT2D eigenvalue weighted by atomic mass is 9.77. The standard InChI is InChI=1S/C24H21NO2/c1-4-25-21-12-8-7-11-18(21)24(27)20-13-16(3)19(14-22(20)25)23(26)17-10-6-5-9-15(17)2/h1,7-14,16,22H,5-6H2,2-3H3. The van der Waals surface area contributed by atoms with E-state index in [0.717, 1.165) is 29.7 Å². The second kappa shape index (κ2) is 6.55. The fourth-order valence-corrected chi connectivity index (χ4v) is 4.13. The number of carbonyl (C=O) groups excluding carboxylic acids is 2. The van der Waals surface area contributed by atoms with Gasteiger partial charge in [0.2, 0.25) is 0 Å². The van der Waals surface area contributed by atoms with Gasteiger partial charge in [0.15, 0.2) is 11.6 Å². The Bertz CT molecular complexity index is 1010. The van der Waals surface area contributed by atoms with Crippen molar-refractivity contribution in [1.29, 1.82) is 0 Å². The highest BCUT2D eigenvalue weighted by Gasteiger charge is 2.38. The van der Waals surface area contributed by atoms with E-state index in [1.807, 2.05) is 50.3 Å². The smallest absolute Gasteiger partial charge is 0.193 e. The van der Waals surface area contributed by atoms with Crippen LogP contribution < -0.4 is 4.90 Å². The van der Waals surface area contributed by atoms with Gasteiger partial charge in [-0.15, -0.1) is 0 Å². The van der Waals surface area contributed by atoms with Crippen molar-refractivity contribution in [2.24, 2.45) is 5.92 Å². The molecule has 0 radical (unpaired) electrons. The number of benzene rings is 1. The zero-order valence-corrected chi connectivity index (χ0v) is 15.5. The first kappa shape index (κ1) is 17.3. The van der Waals surface area contributed by atoms with Gasteiger partial charge in [-0.3, -0.25) is 14.5 Å². The Labute approximate surface area is 159 Å². The van der Waals surface area contributed by atoms with E-state index in [-0.39, 0.29) is 17.5 Å². The number of carbonyl (C=O) groups is 2. The van der Waals surface area contributed by atoms with E-state index in [0.29, 0.717) is 16.7 Å². The first-order valence-electron chi connectivity index (χ1n) is 9.27. The van der Waals surface area contributed by atoms with Crippen LogP contribution >= 0.6 is 0 Å². The molecule has 0 aromatic heterocycles. The molecule has 0 saturated carbocycles. The van der Waals surface area contributed by atoms with E-state index in [1.165, 1.54) is 0 Å². The molecule has 134 valence electrons. The molecule has 3 heteroatoms. The number of terminal acetylenes is 1. The van der Waals surface area contributed by atoms with Crippen molar-refractivity contribution in [3.05, 3.63) is 76.4 Å². The number of rotatable bonds is 2. The van der Waals surface area contributed by atoms with E-state index >= 15 is 0 Å². The number of hydrogen-bond acceptors (Lipinski definition) is 3. The third-order valence-corrected chi connectivity index (χ3v) is 5.56. The molecule has 0 bridgehead atoms. The molecular weight excluding hydrogens is 334 g/mol. The van der Waals surface area contributed by atoms with Gasteiger partial charge in [-0.2, -0.15) is 0 Å². The van der Waals surface area contributed by atoms with Crippen LogP contribution in [-0.4, -0.2) is 17.6 Å². The average molecular weight is 355 g/mol. The Morgan fingerprint density at radius 2 is 1.93 bits per heavy atom. The lowest BCUT2D eigenvalue weighted by Gasteiger charge is -2.37. The van der Waals surface area contributed by atoms with Crippen LogP contribution in [-0.2, 0) is 4.79 Å². The van der Waals surface area contributed by atoms with Crippen LogP contribution in [0, 0.1) is 18.4 Å². The summed E-state index contributed by atoms with van der Waals surface area (Å²) in [4.78, 5) is 27.9. The first-order valence-corrected chi connectivity index (χ1v) is 9.27. The second-order valence-electron chi connectivity index (χ2n) is 7.23. The molecule has 0 spiro atoms. The summed E-state index contributed by atoms with van der Waals surface area (Å²) < 4.78 is 0. The predicted octanol–water partition coefficient (Wildman–Crippen LogP) is 4.39. The number of nitrogens with zero attached hydrogens (tertiary/aromatic N) is 1. The van der Waals surface area contributed by atoms with Gasteiger partial charge in [0.05, 0.1) is 11.7 Å². The van der Waals surface area contributed by atoms with E-state index in [1.54, 1.807) is 11.0 Å². The number of ketones is 2. The van der Waals surface area contributed by atoms with Gasteiger partial charge in [-0.25, -0.2) is 0 Å². The number of hydrogen-bond donors (Lipinski definition) is 0. The monoisotopic (exact) mass is 355 g/mol. The molecule has 0 amide bonds. The Kier molecular flexibility index (Phi) is 4.20. The first-order chi connectivity index (χ1) is 13.0. The lowest BCUT2D eigenvalue weighted by molar-refractivity contribution is -0.112. The van der Waals surface area contributed by atoms with Crippen molar-refractivity contribution in [3.8, 4) is 12.5 Å². The Morgan fingerprint density at radius 3 is 2.67 bits per heavy atom. The number of fused-ring (bicyclic) bond motifs is 2. The Balaban J connectivity index is 1.79. The molecule has 1 heterocycles. The van der Waals surface area contributed by atoms with Crippen molar-refractivity contribution < 1.29 is 9.59 Å². The van der Waals surface area contributed by atoms with Gasteiger partial charge in [-0.05, 0) is 43.5 Å². The van der Waals surface area contributed by atoms with Crippen molar-refractivity contribution in [3.63, 3.8) is 0 Å². The summed E-state index contributed by atoms with van der Waals surface area (Å²) in [6.07, 6.45) is 15.6. The van der Waals surface area contributed by atoms with Gasteiger partial charge in [0.25, 0.3) is 0 Å². The van der Waals surface area contributed by atoms with Crippen LogP contribution in [0.15, 0.2) is 70.9 Å². The normalized spacial score (nSPS) is 23.9. The predicted molar refractivity (Wildman–Crippen MR) is 107 cm³/mol. The summed E-state index contributed by atoms with van der Waals surface area (Å²) in [6.45, 7) is 3.94. The fourth-order valence-electron chi connectivity index (χ4n) is 4.13. The number of allylic oxidation sites excluding steroid dienone is 6. The number of para-hydroxylation sites is 1. The number of Topliss-reactive ketones (excluding diaryl/α,β-unsaturated/α-hetero) is 2. The Hall–Kier alpha value is -3.12. The summed E-state index contributed by atoms with van der Waals surface area (Å²) >= 11 is 0. The second-order valence-corrected chi connectivity index (χ2v) is 7.23. The largest absolute Gasteiger partial charge is 0.289 e. The van der Waals surface area contributed by atoms with Crippen LogP contribution in [0.1, 0.15) is 37.0 Å². The molecule has 2 atom stereocenters. The van der Waals surface area contributed by atoms with Crippen LogP contribution in [0.3, 0.4) is 0 Å². The molecule has 2 aliphatic carbocycles. The lowest BCUT2D eigenvalue weighted by Crippen LogP contribution is -2.42. The minimum atomic E-state index is -0.402. The van der Waals surface area contributed by atoms with Gasteiger partial charge in [0, 0.05) is 34.2 Å². The molecule has 1 aromatic rings. The zero-order chi connectivity index (χ0) is 19.1. The third-order valence-electron chi connectivity index (χ3n) is 5.56. The van der Waals surface area contributed by atoms with Crippen LogP contribution in [0.4, 0.5) is 5.69 Å². The van der Waals surface area contributed by atoms with E-state index in [9.17, 15) is 9.59 Å². The highest BCUT2D eigenvalue weighted by Crippen LogP contribution is 2.39. The molecule has 1 aliphatic heterocycles. The highest BCUT2D eigenvalue weighted by molar-refractivity contribution is 6.18. The summed E-state index contributed by atoms with van der Waals surface area (Å²) in [5.74, 6) is -0.104. The minimum absolute atomic E-state index is 0.00958. The maximum Gasteiger partial charge on any atom is 0.193 e. The van der Waals surface area contributed by atoms with Crippen molar-refractivity contribution in [1.82, 2.24) is 0 Å². The average Bonchev–Trinajstić information content (AvgIpc) is 2.68. The molecule has 4 rings (SSSR count). The van der Waals surface area contributed by atoms with Crippen molar-refractivity contribution in [2.45, 2.75) is 32.7 Å². The SMILES string of the molecule is C#CN1c2ccccc2C(=O)C2=CC(C)C(C(=O)C3=CCCC=C3C)=CC21. The maximum absolute atomic E-state index is 13.2. The summed E-state index contributed by atoms with van der Waals surface area (Å²) in [5, 5.41) is 0. The summed E-state index contributed by atoms with van der Waals surface area (Å²) in [6, 6.07) is 9.66. The van der Waals surface area contributed by atoms with Crippen molar-refractivity contribution >= 4 is 17.3 Å². The zero-order valence-electron chi connectivity index (χ0n) is 15.5. The molecule has 0 N–H and O–H groups in total. The molecular formula is C24H21NO2. The van der Waals surface area contributed by atoms with Gasteiger partial charge in [0.1, 0.15) is 0 Å². The fraction of sp³-hybridized carbons (Fsp3) is 0.250. The molecule has 27 heavy (non-hydrogen) atoms.